The summed E-state index contributed by atoms with van der Waals surface area (Å²) in [6.45, 7) is 6.10. The van der Waals surface area contributed by atoms with Gasteiger partial charge in [-0.2, -0.15) is 0 Å². The molecule has 0 radical (unpaired) electrons. The fourth-order valence-electron chi connectivity index (χ4n) is 1.35. The Hall–Kier alpha value is -0.720. The Morgan fingerprint density at radius 2 is 1.52 bits per heavy atom. The van der Waals surface area contributed by atoms with E-state index in [-0.39, 0.29) is 25.2 Å². The molecule has 0 aliphatic carbocycles. The summed E-state index contributed by atoms with van der Waals surface area (Å²) < 4.78 is 15.5. The van der Waals surface area contributed by atoms with Crippen LogP contribution in [0.2, 0.25) is 0 Å². The Labute approximate surface area is 125 Å². The second kappa shape index (κ2) is 11.9. The van der Waals surface area contributed by atoms with E-state index in [0.717, 1.165) is 25.7 Å². The van der Waals surface area contributed by atoms with E-state index in [4.69, 9.17) is 24.3 Å². The molecule has 0 heterocycles. The second-order valence-corrected chi connectivity index (χ2v) is 6.49. The van der Waals surface area contributed by atoms with Gasteiger partial charge in [-0.3, -0.25) is 4.57 Å². The molecule has 0 aromatic carbocycles. The van der Waals surface area contributed by atoms with E-state index in [0.29, 0.717) is 18.8 Å². The number of carbonyl (C=O) groups excluding carboxylic acids is 1. The lowest BCUT2D eigenvalue weighted by molar-refractivity contribution is -0.294. The SMILES string of the molecule is C=C(C)C(=O)OCCCCCCOOCCCP(=O)(O)O. The van der Waals surface area contributed by atoms with Crippen LogP contribution in [0.15, 0.2) is 12.2 Å². The molecule has 21 heavy (non-hydrogen) atoms. The summed E-state index contributed by atoms with van der Waals surface area (Å²) in [5.74, 6) is -0.359. The van der Waals surface area contributed by atoms with Crippen molar-refractivity contribution in [3.63, 3.8) is 0 Å². The zero-order chi connectivity index (χ0) is 16.1. The van der Waals surface area contributed by atoms with Gasteiger partial charge >= 0.3 is 13.6 Å². The Bertz CT molecular complexity index is 350. The molecule has 0 aromatic rings. The molecular formula is C13H25O7P. The summed E-state index contributed by atoms with van der Waals surface area (Å²) in [4.78, 5) is 37.9. The highest BCUT2D eigenvalue weighted by Gasteiger charge is 2.11. The van der Waals surface area contributed by atoms with Crippen LogP contribution in [-0.2, 0) is 23.9 Å². The Kier molecular flexibility index (Phi) is 11.5. The van der Waals surface area contributed by atoms with E-state index in [1.54, 1.807) is 6.92 Å². The van der Waals surface area contributed by atoms with Gasteiger partial charge in [0.2, 0.25) is 0 Å². The lowest BCUT2D eigenvalue weighted by Crippen LogP contribution is -2.06. The van der Waals surface area contributed by atoms with E-state index >= 15 is 0 Å². The molecule has 0 aromatic heterocycles. The smallest absolute Gasteiger partial charge is 0.333 e. The van der Waals surface area contributed by atoms with Crippen LogP contribution in [0, 0.1) is 0 Å². The third-order valence-corrected chi connectivity index (χ3v) is 3.36. The second-order valence-electron chi connectivity index (χ2n) is 4.72. The number of hydrogen-bond acceptors (Lipinski definition) is 5. The van der Waals surface area contributed by atoms with Gasteiger partial charge in [-0.25, -0.2) is 14.6 Å². The summed E-state index contributed by atoms with van der Waals surface area (Å²) >= 11 is 0. The van der Waals surface area contributed by atoms with Gasteiger partial charge in [0.25, 0.3) is 0 Å². The fraction of sp³-hybridized carbons (Fsp3) is 0.769. The van der Waals surface area contributed by atoms with Crippen molar-refractivity contribution in [2.45, 2.75) is 39.0 Å². The minimum atomic E-state index is -3.93. The van der Waals surface area contributed by atoms with Gasteiger partial charge in [0.05, 0.1) is 26.0 Å². The van der Waals surface area contributed by atoms with Crippen molar-refractivity contribution in [3.05, 3.63) is 12.2 Å². The van der Waals surface area contributed by atoms with Crippen LogP contribution in [0.1, 0.15) is 39.0 Å². The van der Waals surface area contributed by atoms with E-state index in [1.165, 1.54) is 0 Å². The third-order valence-electron chi connectivity index (χ3n) is 2.46. The van der Waals surface area contributed by atoms with Gasteiger partial charge < -0.3 is 14.5 Å². The number of carbonyl (C=O) groups is 1. The summed E-state index contributed by atoms with van der Waals surface area (Å²) in [5, 5.41) is 0. The Balaban J connectivity index is 3.18. The molecular weight excluding hydrogens is 299 g/mol. The van der Waals surface area contributed by atoms with Crippen LogP contribution in [0.5, 0.6) is 0 Å². The van der Waals surface area contributed by atoms with Crippen LogP contribution < -0.4 is 0 Å². The molecule has 2 N–H and O–H groups in total. The summed E-state index contributed by atoms with van der Waals surface area (Å²) in [5.41, 5.74) is 0.402. The predicted molar refractivity (Wildman–Crippen MR) is 77.7 cm³/mol. The van der Waals surface area contributed by atoms with E-state index < -0.39 is 7.60 Å². The van der Waals surface area contributed by atoms with Gasteiger partial charge in [0.1, 0.15) is 0 Å². The zero-order valence-corrected chi connectivity index (χ0v) is 13.3. The molecule has 0 bridgehead atoms. The predicted octanol–water partition coefficient (Wildman–Crippen LogP) is 2.18. The standard InChI is InChI=1S/C13H25O7P/c1-12(2)13(14)18-8-5-3-4-6-9-19-20-10-7-11-21(15,16)17/h1,3-11H2,2H3,(H2,15,16,17). The summed E-state index contributed by atoms with van der Waals surface area (Å²) in [6.07, 6.45) is 3.52. The summed E-state index contributed by atoms with van der Waals surface area (Å²) in [7, 11) is -3.93. The van der Waals surface area contributed by atoms with Crippen molar-refractivity contribution in [2.24, 2.45) is 0 Å². The van der Waals surface area contributed by atoms with Crippen LogP contribution in [-0.4, -0.2) is 41.7 Å². The highest BCUT2D eigenvalue weighted by molar-refractivity contribution is 7.51. The molecule has 0 atom stereocenters. The van der Waals surface area contributed by atoms with Crippen molar-refractivity contribution in [1.29, 1.82) is 0 Å². The first-order chi connectivity index (χ1) is 9.83. The first kappa shape index (κ1) is 20.3. The van der Waals surface area contributed by atoms with Crippen molar-refractivity contribution in [3.8, 4) is 0 Å². The number of esters is 1. The largest absolute Gasteiger partial charge is 0.462 e. The van der Waals surface area contributed by atoms with E-state index in [1.807, 2.05) is 0 Å². The maximum atomic E-state index is 11.1. The monoisotopic (exact) mass is 324 g/mol. The normalized spacial score (nSPS) is 11.4. The van der Waals surface area contributed by atoms with Crippen LogP contribution in [0.3, 0.4) is 0 Å². The average Bonchev–Trinajstić information content (AvgIpc) is 2.38. The van der Waals surface area contributed by atoms with Gasteiger partial charge in [0.15, 0.2) is 0 Å². The van der Waals surface area contributed by atoms with E-state index in [2.05, 4.69) is 6.58 Å². The number of ether oxygens (including phenoxy) is 1. The molecule has 0 fully saturated rings. The third kappa shape index (κ3) is 15.5. The van der Waals surface area contributed by atoms with Crippen LogP contribution >= 0.6 is 7.60 Å². The van der Waals surface area contributed by atoms with E-state index in [9.17, 15) is 9.36 Å². The molecule has 124 valence electrons. The lowest BCUT2D eigenvalue weighted by atomic mass is 10.2. The Morgan fingerprint density at radius 1 is 1.00 bits per heavy atom. The first-order valence-electron chi connectivity index (χ1n) is 6.94. The molecule has 0 aliphatic rings. The quantitative estimate of drug-likeness (QED) is 0.134. The molecule has 0 aliphatic heterocycles. The minimum absolute atomic E-state index is 0.169. The van der Waals surface area contributed by atoms with Crippen LogP contribution in [0.4, 0.5) is 0 Å². The fourth-order valence-corrected chi connectivity index (χ4v) is 1.89. The highest BCUT2D eigenvalue weighted by Crippen LogP contribution is 2.34. The Morgan fingerprint density at radius 3 is 2.05 bits per heavy atom. The topological polar surface area (TPSA) is 102 Å². The maximum absolute atomic E-state index is 11.1. The molecule has 0 saturated carbocycles. The molecule has 8 heteroatoms. The molecule has 0 rings (SSSR count). The molecule has 7 nitrogen and oxygen atoms in total. The first-order valence-corrected chi connectivity index (χ1v) is 8.74. The molecule has 0 spiro atoms. The van der Waals surface area contributed by atoms with Crippen molar-refractivity contribution < 1.29 is 33.7 Å². The van der Waals surface area contributed by atoms with Crippen LogP contribution in [0.25, 0.3) is 0 Å². The van der Waals surface area contributed by atoms with Crippen molar-refractivity contribution >= 4 is 13.6 Å². The maximum Gasteiger partial charge on any atom is 0.333 e. The highest BCUT2D eigenvalue weighted by atomic mass is 31.2. The van der Waals surface area contributed by atoms with Crippen molar-refractivity contribution in [1.82, 2.24) is 0 Å². The molecule has 0 saturated heterocycles. The average molecular weight is 324 g/mol. The summed E-state index contributed by atoms with van der Waals surface area (Å²) in [6, 6.07) is 0. The number of rotatable bonds is 13. The van der Waals surface area contributed by atoms with Gasteiger partial charge in [0, 0.05) is 5.57 Å². The molecule has 0 amide bonds. The van der Waals surface area contributed by atoms with Crippen molar-refractivity contribution in [2.75, 3.05) is 26.0 Å². The number of hydrogen-bond donors (Lipinski definition) is 2. The zero-order valence-electron chi connectivity index (χ0n) is 12.5. The van der Waals surface area contributed by atoms with Gasteiger partial charge in [-0.05, 0) is 32.6 Å². The van der Waals surface area contributed by atoms with Gasteiger partial charge in [-0.1, -0.05) is 13.0 Å². The number of unbranched alkanes of at least 4 members (excludes halogenated alkanes) is 3. The molecule has 0 unspecified atom stereocenters. The minimum Gasteiger partial charge on any atom is -0.462 e. The lowest BCUT2D eigenvalue weighted by Gasteiger charge is -2.06. The van der Waals surface area contributed by atoms with Gasteiger partial charge in [-0.15, -0.1) is 0 Å².